The van der Waals surface area contributed by atoms with Gasteiger partial charge in [0.15, 0.2) is 0 Å². The van der Waals surface area contributed by atoms with Crippen molar-refractivity contribution < 1.29 is 9.18 Å². The van der Waals surface area contributed by atoms with Crippen LogP contribution < -0.4 is 10.6 Å². The third kappa shape index (κ3) is 3.40. The van der Waals surface area contributed by atoms with Crippen LogP contribution in [0.1, 0.15) is 19.8 Å². The van der Waals surface area contributed by atoms with Crippen LogP contribution >= 0.6 is 11.6 Å². The van der Waals surface area contributed by atoms with E-state index in [0.29, 0.717) is 5.69 Å². The van der Waals surface area contributed by atoms with Gasteiger partial charge in [0.2, 0.25) is 5.91 Å². The topological polar surface area (TPSA) is 64.9 Å². The van der Waals surface area contributed by atoms with Crippen molar-refractivity contribution in [2.45, 2.75) is 25.3 Å². The number of nitrogens with zero attached hydrogens (tertiary/aromatic N) is 1. The molecule has 1 saturated carbocycles. The number of nitrogens with one attached hydrogen (secondary N) is 2. The fourth-order valence-corrected chi connectivity index (χ4v) is 2.18. The van der Waals surface area contributed by atoms with Gasteiger partial charge in [0.25, 0.3) is 0 Å². The number of hydrogen-bond donors (Lipinski definition) is 2. The quantitative estimate of drug-likeness (QED) is 0.878. The zero-order valence-corrected chi connectivity index (χ0v) is 11.8. The molecule has 0 heterocycles. The molecule has 4 nitrogen and oxygen atoms in total. The number of hydrogen-bond acceptors (Lipinski definition) is 3. The highest BCUT2D eigenvalue weighted by molar-refractivity contribution is 6.31. The van der Waals surface area contributed by atoms with Gasteiger partial charge in [-0.2, -0.15) is 5.26 Å². The van der Waals surface area contributed by atoms with Crippen LogP contribution in [0.15, 0.2) is 18.2 Å². The number of benzene rings is 1. The molecule has 1 amide bonds. The molecule has 1 aliphatic rings. The second-order valence-corrected chi connectivity index (χ2v) is 5.53. The minimum atomic E-state index is -0.806. The van der Waals surface area contributed by atoms with Crippen molar-refractivity contribution in [2.24, 2.45) is 5.92 Å². The molecule has 0 aliphatic heterocycles. The highest BCUT2D eigenvalue weighted by Gasteiger charge is 2.42. The van der Waals surface area contributed by atoms with Gasteiger partial charge in [-0.05, 0) is 43.9 Å². The Morgan fingerprint density at radius 3 is 2.85 bits per heavy atom. The number of carbonyl (C=O) groups is 1. The van der Waals surface area contributed by atoms with Gasteiger partial charge >= 0.3 is 0 Å². The van der Waals surface area contributed by atoms with Crippen molar-refractivity contribution in [3.63, 3.8) is 0 Å². The third-order valence-corrected chi connectivity index (χ3v) is 3.69. The van der Waals surface area contributed by atoms with Crippen molar-refractivity contribution in [1.82, 2.24) is 5.32 Å². The van der Waals surface area contributed by atoms with E-state index in [9.17, 15) is 9.18 Å². The van der Waals surface area contributed by atoms with Crippen LogP contribution in [0.25, 0.3) is 0 Å². The first kappa shape index (κ1) is 14.6. The molecule has 106 valence electrons. The smallest absolute Gasteiger partial charge is 0.240 e. The Kier molecular flexibility index (Phi) is 4.15. The maximum absolute atomic E-state index is 13.0. The van der Waals surface area contributed by atoms with Crippen LogP contribution in [-0.2, 0) is 4.79 Å². The number of nitriles is 1. The molecule has 2 N–H and O–H groups in total. The fourth-order valence-electron chi connectivity index (χ4n) is 2.00. The maximum atomic E-state index is 13.0. The minimum absolute atomic E-state index is 0.00440. The highest BCUT2D eigenvalue weighted by atomic mass is 35.5. The lowest BCUT2D eigenvalue weighted by Crippen LogP contribution is -2.48. The molecular weight excluding hydrogens is 281 g/mol. The number of anilines is 1. The summed E-state index contributed by atoms with van der Waals surface area (Å²) in [6.07, 6.45) is 1.93. The summed E-state index contributed by atoms with van der Waals surface area (Å²) in [5, 5.41) is 14.7. The van der Waals surface area contributed by atoms with Crippen molar-refractivity contribution in [3.8, 4) is 6.07 Å². The summed E-state index contributed by atoms with van der Waals surface area (Å²) in [6.45, 7) is 1.74. The van der Waals surface area contributed by atoms with Gasteiger partial charge in [-0.15, -0.1) is 0 Å². The van der Waals surface area contributed by atoms with Gasteiger partial charge in [-0.3, -0.25) is 4.79 Å². The Bertz CT molecular complexity index is 568. The Labute approximate surface area is 121 Å². The van der Waals surface area contributed by atoms with Crippen LogP contribution in [0.4, 0.5) is 10.1 Å². The van der Waals surface area contributed by atoms with Crippen molar-refractivity contribution in [2.75, 3.05) is 11.9 Å². The number of rotatable bonds is 5. The molecule has 0 radical (unpaired) electrons. The van der Waals surface area contributed by atoms with Crippen LogP contribution in [0.2, 0.25) is 5.02 Å². The van der Waals surface area contributed by atoms with E-state index < -0.39 is 11.4 Å². The van der Waals surface area contributed by atoms with E-state index in [1.165, 1.54) is 18.2 Å². The molecule has 1 aromatic carbocycles. The molecule has 20 heavy (non-hydrogen) atoms. The number of halogens is 2. The molecule has 0 spiro atoms. The summed E-state index contributed by atoms with van der Waals surface area (Å²) in [5.41, 5.74) is -0.254. The average molecular weight is 296 g/mol. The van der Waals surface area contributed by atoms with Gasteiger partial charge in [0.1, 0.15) is 11.4 Å². The van der Waals surface area contributed by atoms with E-state index in [0.717, 1.165) is 12.8 Å². The predicted octanol–water partition coefficient (Wildman–Crippen LogP) is 2.70. The van der Waals surface area contributed by atoms with Gasteiger partial charge in [0, 0.05) is 5.69 Å². The predicted molar refractivity (Wildman–Crippen MR) is 74.8 cm³/mol. The van der Waals surface area contributed by atoms with Crippen LogP contribution in [0.5, 0.6) is 0 Å². The van der Waals surface area contributed by atoms with Gasteiger partial charge < -0.3 is 10.6 Å². The van der Waals surface area contributed by atoms with Gasteiger partial charge in [-0.25, -0.2) is 4.39 Å². The number of amides is 1. The first-order valence-electron chi connectivity index (χ1n) is 6.36. The van der Waals surface area contributed by atoms with Gasteiger partial charge in [-0.1, -0.05) is 11.6 Å². The van der Waals surface area contributed by atoms with Crippen molar-refractivity contribution in [1.29, 1.82) is 5.26 Å². The molecule has 0 bridgehead atoms. The molecule has 0 aromatic heterocycles. The lowest BCUT2D eigenvalue weighted by atomic mass is 9.98. The van der Waals surface area contributed by atoms with E-state index in [1.807, 2.05) is 0 Å². The zero-order valence-electron chi connectivity index (χ0n) is 11.0. The first-order chi connectivity index (χ1) is 9.44. The normalized spacial score (nSPS) is 16.9. The summed E-state index contributed by atoms with van der Waals surface area (Å²) in [6, 6.07) is 6.29. The largest absolute Gasteiger partial charge is 0.376 e. The molecule has 1 aromatic rings. The summed E-state index contributed by atoms with van der Waals surface area (Å²) < 4.78 is 13.0. The summed E-state index contributed by atoms with van der Waals surface area (Å²) in [7, 11) is 0. The molecule has 1 fully saturated rings. The molecule has 1 atom stereocenters. The van der Waals surface area contributed by atoms with E-state index in [4.69, 9.17) is 16.9 Å². The Morgan fingerprint density at radius 1 is 1.60 bits per heavy atom. The monoisotopic (exact) mass is 295 g/mol. The second kappa shape index (κ2) is 5.68. The van der Waals surface area contributed by atoms with E-state index in [-0.39, 0.29) is 23.4 Å². The molecule has 1 aliphatic carbocycles. The summed E-state index contributed by atoms with van der Waals surface area (Å²) in [5.74, 6) is -0.550. The summed E-state index contributed by atoms with van der Waals surface area (Å²) >= 11 is 5.65. The van der Waals surface area contributed by atoms with E-state index in [2.05, 4.69) is 16.7 Å². The van der Waals surface area contributed by atoms with E-state index >= 15 is 0 Å². The van der Waals surface area contributed by atoms with Crippen molar-refractivity contribution >= 4 is 23.2 Å². The Hall–Kier alpha value is -1.80. The maximum Gasteiger partial charge on any atom is 0.240 e. The lowest BCUT2D eigenvalue weighted by Gasteiger charge is -2.23. The second-order valence-electron chi connectivity index (χ2n) is 5.12. The average Bonchev–Trinajstić information content (AvgIpc) is 3.25. The van der Waals surface area contributed by atoms with Crippen LogP contribution in [-0.4, -0.2) is 18.0 Å². The fraction of sp³-hybridized carbons (Fsp3) is 0.429. The number of carbonyl (C=O) groups excluding carboxylic acids is 1. The van der Waals surface area contributed by atoms with E-state index in [1.54, 1.807) is 6.92 Å². The van der Waals surface area contributed by atoms with Crippen LogP contribution in [0, 0.1) is 23.1 Å². The molecule has 0 saturated heterocycles. The standard InChI is InChI=1S/C14H15ClFN3O/c1-14(8-17,9-2-3-9)19-13(20)7-18-10-4-5-12(16)11(15)6-10/h4-6,9,18H,2-3,7H2,1H3,(H,19,20). The molecular formula is C14H15ClFN3O. The Morgan fingerprint density at radius 2 is 2.30 bits per heavy atom. The first-order valence-corrected chi connectivity index (χ1v) is 6.73. The third-order valence-electron chi connectivity index (χ3n) is 3.40. The zero-order chi connectivity index (χ0) is 14.8. The van der Waals surface area contributed by atoms with Crippen LogP contribution in [0.3, 0.4) is 0 Å². The molecule has 2 rings (SSSR count). The minimum Gasteiger partial charge on any atom is -0.376 e. The van der Waals surface area contributed by atoms with Gasteiger partial charge in [0.05, 0.1) is 17.6 Å². The summed E-state index contributed by atoms with van der Waals surface area (Å²) in [4.78, 5) is 11.8. The SMILES string of the molecule is CC(C#N)(NC(=O)CNc1ccc(F)c(Cl)c1)C1CC1. The molecule has 1 unspecified atom stereocenters. The highest BCUT2D eigenvalue weighted by Crippen LogP contribution is 2.39. The molecule has 6 heteroatoms. The van der Waals surface area contributed by atoms with Crippen molar-refractivity contribution in [3.05, 3.63) is 29.0 Å². The Balaban J connectivity index is 1.89. The lowest BCUT2D eigenvalue weighted by molar-refractivity contribution is -0.120.